The molecule has 0 heterocycles. The molecule has 5 nitrogen and oxygen atoms in total. The average molecular weight is 351 g/mol. The summed E-state index contributed by atoms with van der Waals surface area (Å²) in [4.78, 5) is 11.2. The molecule has 1 fully saturated rings. The van der Waals surface area contributed by atoms with Crippen molar-refractivity contribution in [1.82, 2.24) is 0 Å². The topological polar surface area (TPSA) is 85.3 Å². The Morgan fingerprint density at radius 1 is 1.29 bits per heavy atom. The lowest BCUT2D eigenvalue weighted by molar-refractivity contribution is 0.108. The van der Waals surface area contributed by atoms with Gasteiger partial charge in [0, 0.05) is 11.8 Å². The zero-order valence-corrected chi connectivity index (χ0v) is 14.0. The molecule has 0 aliphatic heterocycles. The van der Waals surface area contributed by atoms with Crippen molar-refractivity contribution < 1.29 is 21.6 Å². The van der Waals surface area contributed by atoms with E-state index in [9.17, 15) is 21.6 Å². The van der Waals surface area contributed by atoms with Gasteiger partial charge >= 0.3 is 0 Å². The maximum atomic E-state index is 12.0. The Labute approximate surface area is 130 Å². The van der Waals surface area contributed by atoms with Crippen molar-refractivity contribution in [3.05, 3.63) is 28.8 Å². The summed E-state index contributed by atoms with van der Waals surface area (Å²) in [6, 6.07) is 2.66. The van der Waals surface area contributed by atoms with E-state index in [1.54, 1.807) is 6.92 Å². The summed E-state index contributed by atoms with van der Waals surface area (Å²) in [6.07, 6.45) is 2.50. The number of carbonyl (C=O) groups excluding carboxylic acids is 1. The number of hydrogen-bond acceptors (Lipinski definition) is 5. The molecule has 1 aromatic carbocycles. The molecule has 0 saturated heterocycles. The molecule has 0 bridgehead atoms. The molecule has 0 atom stereocenters. The lowest BCUT2D eigenvalue weighted by Crippen LogP contribution is -2.37. The molecule has 1 saturated carbocycles. The fraction of sp³-hybridized carbons (Fsp3) is 0.462. The van der Waals surface area contributed by atoms with Crippen molar-refractivity contribution in [2.45, 2.75) is 35.8 Å². The summed E-state index contributed by atoms with van der Waals surface area (Å²) in [5, 5.41) is -0.766. The van der Waals surface area contributed by atoms with Gasteiger partial charge in [-0.3, -0.25) is 4.79 Å². The summed E-state index contributed by atoms with van der Waals surface area (Å²) in [5.41, 5.74) is 0.809. The number of rotatable bonds is 4. The number of halogens is 1. The second-order valence-corrected chi connectivity index (χ2v) is 9.05. The van der Waals surface area contributed by atoms with Gasteiger partial charge in [-0.1, -0.05) is 6.07 Å². The largest absolute Gasteiger partial charge is 0.276 e. The third-order valence-corrected chi connectivity index (χ3v) is 6.70. The number of carbonyl (C=O) groups is 1. The number of thiol groups is 1. The Bertz CT molecular complexity index is 781. The fourth-order valence-corrected chi connectivity index (χ4v) is 4.96. The normalized spacial score (nSPS) is 17.5. The molecule has 0 spiro atoms. The molecule has 1 aromatic rings. The van der Waals surface area contributed by atoms with Gasteiger partial charge in [0.05, 0.1) is 9.64 Å². The van der Waals surface area contributed by atoms with E-state index in [1.807, 2.05) is 0 Å². The van der Waals surface area contributed by atoms with Crippen molar-refractivity contribution in [1.29, 1.82) is 0 Å². The third-order valence-electron chi connectivity index (χ3n) is 3.97. The molecule has 2 rings (SSSR count). The Morgan fingerprint density at radius 2 is 1.86 bits per heavy atom. The Hall–Kier alpha value is -0.920. The third kappa shape index (κ3) is 2.74. The highest BCUT2D eigenvalue weighted by molar-refractivity contribution is 7.90. The highest BCUT2D eigenvalue weighted by atomic mass is 35.5. The smallest absolute Gasteiger partial charge is 0.252 e. The SMILES string of the molecule is Cc1cc(C2([SH](=O)=O)CCC2)c(S(C)(=O)=O)cc1C(=O)Cl. The molecule has 0 unspecified atom stereocenters. The number of aryl methyl sites for hydroxylation is 1. The first-order valence-corrected chi connectivity index (χ1v) is 9.74. The van der Waals surface area contributed by atoms with Gasteiger partial charge in [0.25, 0.3) is 5.24 Å². The number of hydrogen-bond donors (Lipinski definition) is 1. The zero-order chi connectivity index (χ0) is 16.0. The first kappa shape index (κ1) is 16.5. The van der Waals surface area contributed by atoms with Crippen LogP contribution >= 0.6 is 11.6 Å². The van der Waals surface area contributed by atoms with Gasteiger partial charge < -0.3 is 0 Å². The van der Waals surface area contributed by atoms with Crippen LogP contribution in [0.3, 0.4) is 0 Å². The van der Waals surface area contributed by atoms with E-state index in [0.717, 1.165) is 12.7 Å². The predicted molar refractivity (Wildman–Crippen MR) is 80.3 cm³/mol. The molecule has 116 valence electrons. The number of sulfone groups is 1. The van der Waals surface area contributed by atoms with E-state index in [-0.39, 0.29) is 16.0 Å². The van der Waals surface area contributed by atoms with Crippen LogP contribution in [0.25, 0.3) is 0 Å². The van der Waals surface area contributed by atoms with E-state index in [0.29, 0.717) is 18.4 Å². The molecule has 8 heteroatoms. The molecule has 21 heavy (non-hydrogen) atoms. The van der Waals surface area contributed by atoms with Crippen LogP contribution in [0.2, 0.25) is 0 Å². The van der Waals surface area contributed by atoms with Crippen molar-refractivity contribution in [2.24, 2.45) is 0 Å². The lowest BCUT2D eigenvalue weighted by atomic mass is 9.78. The molecule has 0 amide bonds. The van der Waals surface area contributed by atoms with Gasteiger partial charge in [0.2, 0.25) is 0 Å². The van der Waals surface area contributed by atoms with Crippen LogP contribution < -0.4 is 0 Å². The van der Waals surface area contributed by atoms with Crippen LogP contribution in [0, 0.1) is 6.92 Å². The maximum absolute atomic E-state index is 12.0. The van der Waals surface area contributed by atoms with Crippen LogP contribution in [0.1, 0.15) is 40.7 Å². The van der Waals surface area contributed by atoms with E-state index < -0.39 is 30.5 Å². The molecule has 0 radical (unpaired) electrons. The van der Waals surface area contributed by atoms with Gasteiger partial charge in [-0.2, -0.15) is 0 Å². The Kier molecular flexibility index (Phi) is 4.21. The fourth-order valence-electron chi connectivity index (χ4n) is 2.63. The molecule has 0 N–H and O–H groups in total. The Morgan fingerprint density at radius 3 is 2.19 bits per heavy atom. The van der Waals surface area contributed by atoms with Crippen LogP contribution in [0.15, 0.2) is 17.0 Å². The predicted octanol–water partition coefficient (Wildman–Crippen LogP) is 1.77. The summed E-state index contributed by atoms with van der Waals surface area (Å²) in [7, 11) is -6.50. The van der Waals surface area contributed by atoms with Crippen LogP contribution in [-0.4, -0.2) is 28.3 Å². The maximum Gasteiger partial charge on any atom is 0.252 e. The summed E-state index contributed by atoms with van der Waals surface area (Å²) in [5.74, 6) is 0. The highest BCUT2D eigenvalue weighted by Gasteiger charge is 2.45. The molecule has 1 aliphatic carbocycles. The monoisotopic (exact) mass is 350 g/mol. The molecule has 1 aliphatic rings. The lowest BCUT2D eigenvalue weighted by Gasteiger charge is -2.38. The summed E-state index contributed by atoms with van der Waals surface area (Å²) < 4.78 is 46.2. The first-order chi connectivity index (χ1) is 9.59. The van der Waals surface area contributed by atoms with Crippen LogP contribution in [0.5, 0.6) is 0 Å². The Balaban J connectivity index is 2.83. The van der Waals surface area contributed by atoms with E-state index >= 15 is 0 Å². The van der Waals surface area contributed by atoms with Crippen molar-refractivity contribution >= 4 is 37.4 Å². The second-order valence-electron chi connectivity index (χ2n) is 5.35. The second kappa shape index (κ2) is 5.37. The average Bonchev–Trinajstić information content (AvgIpc) is 2.24. The van der Waals surface area contributed by atoms with Crippen molar-refractivity contribution in [2.75, 3.05) is 6.26 Å². The quantitative estimate of drug-likeness (QED) is 0.660. The number of benzene rings is 1. The summed E-state index contributed by atoms with van der Waals surface area (Å²) >= 11 is 5.45. The first-order valence-electron chi connectivity index (χ1n) is 6.29. The molecular formula is C13H15ClO5S2. The van der Waals surface area contributed by atoms with E-state index in [2.05, 4.69) is 0 Å². The minimum absolute atomic E-state index is 0.0800. The standard InChI is InChI=1S/C13H15ClO5S2/c1-8-6-10(13(20(16)17)4-3-5-13)11(21(2,18)19)7-9(8)12(14)15/h6-7,20H,3-5H2,1-2H3. The van der Waals surface area contributed by atoms with Crippen LogP contribution in [0.4, 0.5) is 0 Å². The van der Waals surface area contributed by atoms with Gasteiger partial charge in [-0.25, -0.2) is 16.8 Å². The van der Waals surface area contributed by atoms with Crippen LogP contribution in [-0.2, 0) is 25.3 Å². The zero-order valence-electron chi connectivity index (χ0n) is 11.6. The van der Waals surface area contributed by atoms with Gasteiger partial charge in [-0.15, -0.1) is 0 Å². The van der Waals surface area contributed by atoms with Crippen molar-refractivity contribution in [3.63, 3.8) is 0 Å². The minimum atomic E-state index is -3.68. The van der Waals surface area contributed by atoms with E-state index in [4.69, 9.17) is 11.6 Å². The van der Waals surface area contributed by atoms with Gasteiger partial charge in [0.1, 0.15) is 10.7 Å². The molecule has 0 aromatic heterocycles. The van der Waals surface area contributed by atoms with Gasteiger partial charge in [0.15, 0.2) is 9.84 Å². The summed E-state index contributed by atoms with van der Waals surface area (Å²) in [6.45, 7) is 1.61. The van der Waals surface area contributed by atoms with Gasteiger partial charge in [-0.05, 0) is 55.0 Å². The van der Waals surface area contributed by atoms with E-state index in [1.165, 1.54) is 12.1 Å². The molecular weight excluding hydrogens is 336 g/mol. The minimum Gasteiger partial charge on any atom is -0.276 e. The highest BCUT2D eigenvalue weighted by Crippen LogP contribution is 2.47. The van der Waals surface area contributed by atoms with Crippen molar-refractivity contribution in [3.8, 4) is 0 Å².